The molecular weight excluding hydrogens is 228 g/mol. The largest absolute Gasteiger partial charge is 0.478 e. The van der Waals surface area contributed by atoms with Crippen molar-refractivity contribution in [2.45, 2.75) is 20.8 Å². The van der Waals surface area contributed by atoms with Crippen molar-refractivity contribution in [2.75, 3.05) is 0 Å². The van der Waals surface area contributed by atoms with Crippen LogP contribution in [0.15, 0.2) is 57.7 Å². The second kappa shape index (κ2) is 4.26. The molecule has 0 radical (unpaired) electrons. The number of fused-ring (bicyclic) bond motifs is 1. The van der Waals surface area contributed by atoms with Crippen LogP contribution in [0.4, 0.5) is 0 Å². The third-order valence-corrected chi connectivity index (χ3v) is 3.25. The van der Waals surface area contributed by atoms with E-state index in [1.165, 1.54) is 0 Å². The van der Waals surface area contributed by atoms with E-state index in [-0.39, 0.29) is 11.4 Å². The van der Waals surface area contributed by atoms with Crippen LogP contribution >= 0.6 is 0 Å². The third kappa shape index (κ3) is 1.88. The number of carbonyl (C=O) groups is 2. The Morgan fingerprint density at radius 3 is 2.44 bits per heavy atom. The van der Waals surface area contributed by atoms with Crippen LogP contribution in [0.1, 0.15) is 20.8 Å². The van der Waals surface area contributed by atoms with E-state index < -0.39 is 5.97 Å². The van der Waals surface area contributed by atoms with Gasteiger partial charge in [0.2, 0.25) is 0 Å². The number of carboxylic acids is 1. The van der Waals surface area contributed by atoms with E-state index in [0.29, 0.717) is 11.1 Å². The fourth-order valence-corrected chi connectivity index (χ4v) is 2.13. The summed E-state index contributed by atoms with van der Waals surface area (Å²) in [5.74, 6) is -0.950. The highest BCUT2D eigenvalue weighted by atomic mass is 16.4. The average Bonchev–Trinajstić information content (AvgIpc) is 2.48. The van der Waals surface area contributed by atoms with E-state index >= 15 is 0 Å². The summed E-state index contributed by atoms with van der Waals surface area (Å²) < 4.78 is 0. The highest BCUT2D eigenvalue weighted by Gasteiger charge is 2.25. The molecule has 0 saturated carbocycles. The molecule has 0 spiro atoms. The highest BCUT2D eigenvalue weighted by Crippen LogP contribution is 2.34. The minimum atomic E-state index is -0.946. The number of hydrogen-bond acceptors (Lipinski definition) is 2. The number of hydrogen-bond donors (Lipinski definition) is 1. The summed E-state index contributed by atoms with van der Waals surface area (Å²) in [6.45, 7) is 5.29. The SMILES string of the molecule is CC1=CC(=O)C2=C(C)C=C/C(=C(/C)C(=O)O)C=C12. The lowest BCUT2D eigenvalue weighted by Crippen LogP contribution is -1.99. The minimum absolute atomic E-state index is 0.00451. The van der Waals surface area contributed by atoms with E-state index in [1.807, 2.05) is 13.8 Å². The maximum Gasteiger partial charge on any atom is 0.331 e. The van der Waals surface area contributed by atoms with Crippen molar-refractivity contribution in [3.05, 3.63) is 57.7 Å². The quantitative estimate of drug-likeness (QED) is 0.719. The number of rotatable bonds is 1. The molecule has 0 aromatic rings. The van der Waals surface area contributed by atoms with E-state index in [4.69, 9.17) is 5.11 Å². The van der Waals surface area contributed by atoms with Crippen LogP contribution in [0.25, 0.3) is 0 Å². The van der Waals surface area contributed by atoms with E-state index in [1.54, 1.807) is 31.2 Å². The monoisotopic (exact) mass is 242 g/mol. The number of allylic oxidation sites excluding steroid dienone is 9. The molecule has 3 nitrogen and oxygen atoms in total. The normalized spacial score (nSPS) is 21.4. The van der Waals surface area contributed by atoms with Crippen LogP contribution in [0.5, 0.6) is 0 Å². The zero-order valence-corrected chi connectivity index (χ0v) is 10.6. The molecule has 92 valence electrons. The lowest BCUT2D eigenvalue weighted by atomic mass is 9.99. The van der Waals surface area contributed by atoms with Crippen LogP contribution < -0.4 is 0 Å². The zero-order valence-electron chi connectivity index (χ0n) is 10.6. The van der Waals surface area contributed by atoms with Gasteiger partial charge in [0.25, 0.3) is 0 Å². The summed E-state index contributed by atoms with van der Waals surface area (Å²) in [4.78, 5) is 22.9. The first-order chi connectivity index (χ1) is 8.41. The number of carboxylic acid groups (broad SMARTS) is 1. The van der Waals surface area contributed by atoms with Crippen LogP contribution in [-0.2, 0) is 9.59 Å². The Hall–Kier alpha value is -2.16. The molecule has 0 unspecified atom stereocenters. The Balaban J connectivity index is 2.66. The van der Waals surface area contributed by atoms with Gasteiger partial charge in [-0.1, -0.05) is 12.2 Å². The molecule has 2 aliphatic rings. The summed E-state index contributed by atoms with van der Waals surface area (Å²) in [7, 11) is 0. The predicted octanol–water partition coefficient (Wildman–Crippen LogP) is 2.73. The van der Waals surface area contributed by atoms with Gasteiger partial charge < -0.3 is 5.11 Å². The lowest BCUT2D eigenvalue weighted by Gasteiger charge is -2.04. The van der Waals surface area contributed by atoms with Gasteiger partial charge in [0.15, 0.2) is 5.78 Å². The summed E-state index contributed by atoms with van der Waals surface area (Å²) in [5, 5.41) is 9.03. The standard InChI is InChI=1S/C15H14O3/c1-8-4-5-11(10(3)15(17)18)7-12-9(2)6-13(16)14(8)12/h4-7H,1-3H3,(H,17,18)/b11-10+. The summed E-state index contributed by atoms with van der Waals surface area (Å²) in [6.07, 6.45) is 6.92. The first kappa shape index (κ1) is 12.3. The van der Waals surface area contributed by atoms with Gasteiger partial charge in [-0.15, -0.1) is 0 Å². The molecule has 0 saturated heterocycles. The summed E-state index contributed by atoms with van der Waals surface area (Å²) in [5.41, 5.74) is 4.17. The molecule has 18 heavy (non-hydrogen) atoms. The van der Waals surface area contributed by atoms with Crippen LogP contribution in [0.2, 0.25) is 0 Å². The summed E-state index contributed by atoms with van der Waals surface area (Å²) in [6, 6.07) is 0. The van der Waals surface area contributed by atoms with Crippen molar-refractivity contribution < 1.29 is 14.7 Å². The van der Waals surface area contributed by atoms with Gasteiger partial charge in [0.1, 0.15) is 0 Å². The Morgan fingerprint density at radius 2 is 1.83 bits per heavy atom. The fourth-order valence-electron chi connectivity index (χ4n) is 2.13. The van der Waals surface area contributed by atoms with Gasteiger partial charge in [0, 0.05) is 11.1 Å². The topological polar surface area (TPSA) is 54.4 Å². The van der Waals surface area contributed by atoms with Crippen molar-refractivity contribution in [3.8, 4) is 0 Å². The van der Waals surface area contributed by atoms with E-state index in [0.717, 1.165) is 16.7 Å². The minimum Gasteiger partial charge on any atom is -0.478 e. The van der Waals surface area contributed by atoms with Gasteiger partial charge in [-0.05, 0) is 55.2 Å². The van der Waals surface area contributed by atoms with Crippen molar-refractivity contribution in [2.24, 2.45) is 0 Å². The molecule has 1 N–H and O–H groups in total. The molecule has 0 aromatic heterocycles. The first-order valence-electron chi connectivity index (χ1n) is 5.70. The Bertz CT molecular complexity index is 608. The highest BCUT2D eigenvalue weighted by molar-refractivity contribution is 6.14. The molecule has 0 fully saturated rings. The molecular formula is C15H14O3. The van der Waals surface area contributed by atoms with Gasteiger partial charge in [-0.2, -0.15) is 0 Å². The maximum atomic E-state index is 11.9. The van der Waals surface area contributed by atoms with Gasteiger partial charge >= 0.3 is 5.97 Å². The molecule has 2 aliphatic carbocycles. The predicted molar refractivity (Wildman–Crippen MR) is 69.0 cm³/mol. The second-order valence-electron chi connectivity index (χ2n) is 4.53. The van der Waals surface area contributed by atoms with E-state index in [9.17, 15) is 9.59 Å². The lowest BCUT2D eigenvalue weighted by molar-refractivity contribution is -0.132. The summed E-state index contributed by atoms with van der Waals surface area (Å²) >= 11 is 0. The average molecular weight is 242 g/mol. The molecule has 0 aromatic carbocycles. The van der Waals surface area contributed by atoms with Crippen LogP contribution in [-0.4, -0.2) is 16.9 Å². The first-order valence-corrected chi connectivity index (χ1v) is 5.70. The fraction of sp³-hybridized carbons (Fsp3) is 0.200. The molecule has 0 bridgehead atoms. The Kier molecular flexibility index (Phi) is 2.91. The molecule has 0 atom stereocenters. The molecule has 0 heterocycles. The Labute approximate surface area is 106 Å². The molecule has 2 rings (SSSR count). The third-order valence-electron chi connectivity index (χ3n) is 3.25. The molecule has 0 amide bonds. The van der Waals surface area contributed by atoms with Gasteiger partial charge in [-0.25, -0.2) is 4.79 Å². The van der Waals surface area contributed by atoms with Crippen molar-refractivity contribution in [3.63, 3.8) is 0 Å². The van der Waals surface area contributed by atoms with Crippen LogP contribution in [0.3, 0.4) is 0 Å². The van der Waals surface area contributed by atoms with Crippen molar-refractivity contribution >= 4 is 11.8 Å². The number of ketones is 1. The van der Waals surface area contributed by atoms with Gasteiger partial charge in [0.05, 0.1) is 0 Å². The maximum absolute atomic E-state index is 11.9. The molecule has 0 aliphatic heterocycles. The second-order valence-corrected chi connectivity index (χ2v) is 4.53. The van der Waals surface area contributed by atoms with Crippen LogP contribution in [0, 0.1) is 0 Å². The number of aliphatic carboxylic acids is 1. The van der Waals surface area contributed by atoms with Gasteiger partial charge in [-0.3, -0.25) is 4.79 Å². The van der Waals surface area contributed by atoms with E-state index in [2.05, 4.69) is 0 Å². The Morgan fingerprint density at radius 1 is 1.17 bits per heavy atom. The van der Waals surface area contributed by atoms with Crippen molar-refractivity contribution in [1.29, 1.82) is 0 Å². The molecule has 3 heteroatoms. The van der Waals surface area contributed by atoms with Crippen molar-refractivity contribution in [1.82, 2.24) is 0 Å². The number of carbonyl (C=O) groups excluding carboxylic acids is 1. The zero-order chi connectivity index (χ0) is 13.4. The smallest absolute Gasteiger partial charge is 0.331 e.